The molecular formula is C22H22O10. The second kappa shape index (κ2) is 8.41. The monoisotopic (exact) mass is 446 g/mol. The number of rotatable bonds is 4. The van der Waals surface area contributed by atoms with E-state index in [1.165, 1.54) is 31.4 Å². The van der Waals surface area contributed by atoms with Gasteiger partial charge in [-0.3, -0.25) is 4.79 Å². The van der Waals surface area contributed by atoms with Crippen LogP contribution < -0.4 is 10.2 Å². The Balaban J connectivity index is 1.95. The zero-order valence-corrected chi connectivity index (χ0v) is 16.9. The molecule has 0 radical (unpaired) electrons. The Bertz CT molecular complexity index is 1180. The maximum Gasteiger partial charge on any atom is 0.204 e. The summed E-state index contributed by atoms with van der Waals surface area (Å²) in [6.45, 7) is -0.644. The maximum absolute atomic E-state index is 13.2. The lowest BCUT2D eigenvalue weighted by Gasteiger charge is -2.40. The van der Waals surface area contributed by atoms with Gasteiger partial charge in [0, 0.05) is 6.07 Å². The number of methoxy groups -OCH3 is 1. The Morgan fingerprint density at radius 1 is 1.03 bits per heavy atom. The molecule has 6 N–H and O–H groups in total. The molecule has 1 aliphatic rings. The molecule has 2 aromatic carbocycles. The highest BCUT2D eigenvalue weighted by atomic mass is 16.5. The molecule has 3 aromatic rings. The molecule has 170 valence electrons. The minimum atomic E-state index is -1.66. The van der Waals surface area contributed by atoms with Crippen molar-refractivity contribution in [2.45, 2.75) is 30.5 Å². The molecule has 32 heavy (non-hydrogen) atoms. The Kier molecular flexibility index (Phi) is 5.80. The summed E-state index contributed by atoms with van der Waals surface area (Å²) < 4.78 is 16.6. The van der Waals surface area contributed by atoms with Crippen molar-refractivity contribution in [3.8, 4) is 28.4 Å². The van der Waals surface area contributed by atoms with Crippen LogP contribution in [-0.4, -0.2) is 68.8 Å². The first-order valence-electron chi connectivity index (χ1n) is 9.73. The van der Waals surface area contributed by atoms with E-state index in [1.54, 1.807) is 0 Å². The second-order valence-corrected chi connectivity index (χ2v) is 7.49. The number of aromatic hydroxyl groups is 2. The van der Waals surface area contributed by atoms with Gasteiger partial charge in [-0.1, -0.05) is 12.1 Å². The molecule has 5 atom stereocenters. The van der Waals surface area contributed by atoms with Gasteiger partial charge in [-0.15, -0.1) is 0 Å². The van der Waals surface area contributed by atoms with Gasteiger partial charge >= 0.3 is 0 Å². The molecule has 1 fully saturated rings. The van der Waals surface area contributed by atoms with Crippen LogP contribution >= 0.6 is 0 Å². The lowest BCUT2D eigenvalue weighted by molar-refractivity contribution is -0.231. The van der Waals surface area contributed by atoms with Crippen molar-refractivity contribution in [1.29, 1.82) is 0 Å². The van der Waals surface area contributed by atoms with Gasteiger partial charge in [-0.05, 0) is 17.7 Å². The SMILES string of the molecule is COc1cc(O)c2c(=O)c(-c3ccc(O)cc3)coc2c1C1OC(CO)C(O)C(O)C1O. The highest BCUT2D eigenvalue weighted by Crippen LogP contribution is 2.43. The van der Waals surface area contributed by atoms with E-state index in [0.29, 0.717) is 5.56 Å². The molecule has 4 rings (SSSR count). The quantitative estimate of drug-likeness (QED) is 0.330. The van der Waals surface area contributed by atoms with Crippen LogP contribution in [0.1, 0.15) is 11.7 Å². The third-order valence-electron chi connectivity index (χ3n) is 5.60. The van der Waals surface area contributed by atoms with E-state index >= 15 is 0 Å². The minimum Gasteiger partial charge on any atom is -0.508 e. The Hall–Kier alpha value is -3.15. The Morgan fingerprint density at radius 3 is 2.34 bits per heavy atom. The molecular weight excluding hydrogens is 424 g/mol. The number of phenolic OH excluding ortho intramolecular Hbond substituents is 2. The number of aliphatic hydroxyl groups excluding tert-OH is 4. The zero-order valence-electron chi connectivity index (χ0n) is 16.9. The van der Waals surface area contributed by atoms with E-state index in [1.807, 2.05) is 0 Å². The maximum atomic E-state index is 13.2. The molecule has 10 heteroatoms. The van der Waals surface area contributed by atoms with E-state index in [2.05, 4.69) is 0 Å². The molecule has 0 bridgehead atoms. The van der Waals surface area contributed by atoms with Gasteiger partial charge in [-0.2, -0.15) is 0 Å². The number of benzene rings is 2. The molecule has 1 aromatic heterocycles. The summed E-state index contributed by atoms with van der Waals surface area (Å²) >= 11 is 0. The van der Waals surface area contributed by atoms with Crippen molar-refractivity contribution in [1.82, 2.24) is 0 Å². The normalized spacial score (nSPS) is 25.7. The average molecular weight is 446 g/mol. The fourth-order valence-corrected chi connectivity index (χ4v) is 3.90. The molecule has 1 aliphatic heterocycles. The first kappa shape index (κ1) is 22.1. The molecule has 5 unspecified atom stereocenters. The minimum absolute atomic E-state index is 0.000127. The van der Waals surface area contributed by atoms with Crippen molar-refractivity contribution in [3.05, 3.63) is 52.4 Å². The molecule has 0 amide bonds. The zero-order chi connectivity index (χ0) is 23.2. The number of phenols is 2. The van der Waals surface area contributed by atoms with Crippen molar-refractivity contribution < 1.29 is 44.5 Å². The summed E-state index contributed by atoms with van der Waals surface area (Å²) in [5.41, 5.74) is -0.186. The van der Waals surface area contributed by atoms with Gasteiger partial charge in [0.2, 0.25) is 5.43 Å². The molecule has 0 saturated carbocycles. The average Bonchev–Trinajstić information content (AvgIpc) is 2.79. The van der Waals surface area contributed by atoms with Gasteiger partial charge in [0.05, 0.1) is 24.8 Å². The summed E-state index contributed by atoms with van der Waals surface area (Å²) in [6, 6.07) is 6.95. The van der Waals surface area contributed by atoms with Crippen LogP contribution in [0.15, 0.2) is 45.8 Å². The van der Waals surface area contributed by atoms with Crippen molar-refractivity contribution in [3.63, 3.8) is 0 Å². The van der Waals surface area contributed by atoms with E-state index in [4.69, 9.17) is 13.9 Å². The van der Waals surface area contributed by atoms with Crippen LogP contribution in [0.4, 0.5) is 0 Å². The fourth-order valence-electron chi connectivity index (χ4n) is 3.90. The topological polar surface area (TPSA) is 170 Å². The van der Waals surface area contributed by atoms with Crippen LogP contribution in [0.3, 0.4) is 0 Å². The van der Waals surface area contributed by atoms with E-state index in [0.717, 1.165) is 12.3 Å². The number of fused-ring (bicyclic) bond motifs is 1. The van der Waals surface area contributed by atoms with Crippen LogP contribution in [0.5, 0.6) is 17.2 Å². The van der Waals surface area contributed by atoms with E-state index in [9.17, 15) is 35.4 Å². The molecule has 2 heterocycles. The molecule has 0 aliphatic carbocycles. The standard InChI is InChI=1S/C22H22O10/c1-30-13-6-12(25)15-17(26)11(9-2-4-10(24)5-3-9)8-31-21(15)16(13)22-20(29)19(28)18(27)14(7-23)32-22/h2-6,8,14,18-20,22-25,27-29H,7H2,1H3. The van der Waals surface area contributed by atoms with Crippen LogP contribution in [0, 0.1) is 0 Å². The lowest BCUT2D eigenvalue weighted by Crippen LogP contribution is -2.55. The van der Waals surface area contributed by atoms with Crippen molar-refractivity contribution >= 4 is 11.0 Å². The molecule has 0 spiro atoms. The predicted octanol–water partition coefficient (Wildman–Crippen LogP) is 0.395. The Morgan fingerprint density at radius 2 is 1.72 bits per heavy atom. The highest BCUT2D eigenvalue weighted by Gasteiger charge is 2.46. The first-order valence-corrected chi connectivity index (χ1v) is 9.73. The third kappa shape index (κ3) is 3.48. The summed E-state index contributed by atoms with van der Waals surface area (Å²) in [6.07, 6.45) is -6.29. The van der Waals surface area contributed by atoms with E-state index in [-0.39, 0.29) is 33.6 Å². The summed E-state index contributed by atoms with van der Waals surface area (Å²) in [7, 11) is 1.29. The number of hydrogen-bond acceptors (Lipinski definition) is 10. The van der Waals surface area contributed by atoms with Gasteiger partial charge in [0.25, 0.3) is 0 Å². The first-order chi connectivity index (χ1) is 15.3. The van der Waals surface area contributed by atoms with Crippen LogP contribution in [0.25, 0.3) is 22.1 Å². The summed E-state index contributed by atoms with van der Waals surface area (Å²) in [5.74, 6) is -0.434. The Labute approximate surface area is 181 Å². The van der Waals surface area contributed by atoms with E-state index < -0.39 is 48.3 Å². The third-order valence-corrected chi connectivity index (χ3v) is 5.60. The number of hydrogen-bond donors (Lipinski definition) is 6. The molecule has 10 nitrogen and oxygen atoms in total. The predicted molar refractivity (Wildman–Crippen MR) is 111 cm³/mol. The van der Waals surface area contributed by atoms with Gasteiger partial charge in [0.15, 0.2) is 5.58 Å². The smallest absolute Gasteiger partial charge is 0.204 e. The van der Waals surface area contributed by atoms with Crippen LogP contribution in [0.2, 0.25) is 0 Å². The number of ether oxygens (including phenoxy) is 2. The number of aliphatic hydroxyl groups is 4. The fraction of sp³-hybridized carbons (Fsp3) is 0.318. The van der Waals surface area contributed by atoms with Gasteiger partial charge < -0.3 is 44.5 Å². The van der Waals surface area contributed by atoms with Crippen molar-refractivity contribution in [2.75, 3.05) is 13.7 Å². The van der Waals surface area contributed by atoms with Crippen molar-refractivity contribution in [2.24, 2.45) is 0 Å². The lowest BCUT2D eigenvalue weighted by atomic mass is 9.89. The summed E-state index contributed by atoms with van der Waals surface area (Å²) in [5, 5.41) is 60.2. The van der Waals surface area contributed by atoms with Gasteiger partial charge in [-0.25, -0.2) is 0 Å². The van der Waals surface area contributed by atoms with Gasteiger partial charge in [0.1, 0.15) is 59.4 Å². The largest absolute Gasteiger partial charge is 0.508 e. The summed E-state index contributed by atoms with van der Waals surface area (Å²) in [4.78, 5) is 13.2. The highest BCUT2D eigenvalue weighted by molar-refractivity contribution is 5.91. The second-order valence-electron chi connectivity index (χ2n) is 7.49. The molecule has 1 saturated heterocycles. The van der Waals surface area contributed by atoms with Crippen LogP contribution in [-0.2, 0) is 4.74 Å².